The number of benzene rings is 2. The van der Waals surface area contributed by atoms with Gasteiger partial charge < -0.3 is 5.73 Å². The summed E-state index contributed by atoms with van der Waals surface area (Å²) in [6.45, 7) is 0. The van der Waals surface area contributed by atoms with Crippen molar-refractivity contribution in [2.45, 2.75) is 6.04 Å². The predicted octanol–water partition coefficient (Wildman–Crippen LogP) is 3.02. The van der Waals surface area contributed by atoms with Gasteiger partial charge in [0.1, 0.15) is 17.7 Å². The number of hydrogen-bond donors (Lipinski definition) is 1. The van der Waals surface area contributed by atoms with Crippen molar-refractivity contribution < 1.29 is 4.39 Å². The molecule has 1 atom stereocenters. The minimum absolute atomic E-state index is 0.125. The zero-order valence-corrected chi connectivity index (χ0v) is 14.6. The van der Waals surface area contributed by atoms with Crippen LogP contribution in [0.15, 0.2) is 65.7 Å². The van der Waals surface area contributed by atoms with Crippen LogP contribution in [0.4, 0.5) is 4.39 Å². The number of hydrogen-bond acceptors (Lipinski definition) is 5. The van der Waals surface area contributed by atoms with Crippen molar-refractivity contribution in [3.8, 4) is 5.69 Å². The van der Waals surface area contributed by atoms with Gasteiger partial charge in [0.2, 0.25) is 0 Å². The molecule has 0 bridgehead atoms. The molecule has 0 saturated heterocycles. The first-order valence-electron chi connectivity index (χ1n) is 8.06. The number of halogens is 2. The number of rotatable bonds is 3. The molecule has 0 radical (unpaired) electrons. The lowest BCUT2D eigenvalue weighted by Gasteiger charge is -2.18. The third-order valence-electron chi connectivity index (χ3n) is 4.09. The number of para-hydroxylation sites is 1. The van der Waals surface area contributed by atoms with E-state index in [1.807, 2.05) is 0 Å². The lowest BCUT2D eigenvalue weighted by Crippen LogP contribution is -2.30. The van der Waals surface area contributed by atoms with Crippen LogP contribution < -0.4 is 11.3 Å². The Morgan fingerprint density at radius 3 is 2.56 bits per heavy atom. The Labute approximate surface area is 158 Å². The van der Waals surface area contributed by atoms with E-state index >= 15 is 0 Å². The largest absolute Gasteiger partial charge is 0.315 e. The Kier molecular flexibility index (Phi) is 4.39. The lowest BCUT2D eigenvalue weighted by molar-refractivity contribution is 0.628. The highest BCUT2D eigenvalue weighted by atomic mass is 35.5. The Balaban J connectivity index is 2.08. The van der Waals surface area contributed by atoms with Crippen LogP contribution in [0.2, 0.25) is 5.02 Å². The van der Waals surface area contributed by atoms with E-state index in [1.165, 1.54) is 16.7 Å². The van der Waals surface area contributed by atoms with Crippen LogP contribution >= 0.6 is 11.6 Å². The summed E-state index contributed by atoms with van der Waals surface area (Å²) in [4.78, 5) is 26.0. The van der Waals surface area contributed by atoms with Crippen molar-refractivity contribution in [2.24, 2.45) is 5.73 Å². The van der Waals surface area contributed by atoms with Gasteiger partial charge in [-0.15, -0.1) is 0 Å². The maximum Gasteiger partial charge on any atom is 0.266 e. The second-order valence-corrected chi connectivity index (χ2v) is 6.22. The third-order valence-corrected chi connectivity index (χ3v) is 4.41. The minimum atomic E-state index is -0.885. The molecule has 8 heteroatoms. The van der Waals surface area contributed by atoms with Gasteiger partial charge in [0.25, 0.3) is 5.56 Å². The monoisotopic (exact) mass is 381 g/mol. The molecule has 1 unspecified atom stereocenters. The first-order valence-corrected chi connectivity index (χ1v) is 8.43. The van der Waals surface area contributed by atoms with Crippen molar-refractivity contribution in [3.63, 3.8) is 0 Å². The van der Waals surface area contributed by atoms with Crippen molar-refractivity contribution >= 4 is 22.5 Å². The Morgan fingerprint density at radius 1 is 1.07 bits per heavy atom. The summed E-state index contributed by atoms with van der Waals surface area (Å²) in [6.07, 6.45) is 3.10. The summed E-state index contributed by atoms with van der Waals surface area (Å²) in [5.74, 6) is -0.0272. The first kappa shape index (κ1) is 17.3. The summed E-state index contributed by atoms with van der Waals surface area (Å²) in [5, 5.41) is 0.458. The molecule has 2 N–H and O–H groups in total. The van der Waals surface area contributed by atoms with Gasteiger partial charge >= 0.3 is 0 Å². The number of nitrogens with two attached hydrogens (primary N) is 1. The molecule has 0 fully saturated rings. The van der Waals surface area contributed by atoms with E-state index in [0.29, 0.717) is 22.1 Å². The summed E-state index contributed by atoms with van der Waals surface area (Å²) in [5.41, 5.74) is 6.57. The number of nitrogens with zero attached hydrogens (tertiary/aromatic N) is 4. The molecule has 0 aliphatic carbocycles. The molecular formula is C19H13ClFN5O. The van der Waals surface area contributed by atoms with E-state index in [0.717, 1.165) is 6.07 Å². The normalized spacial score (nSPS) is 12.3. The number of fused-ring (bicyclic) bond motifs is 1. The molecule has 2 aromatic heterocycles. The van der Waals surface area contributed by atoms with Crippen LogP contribution in [0, 0.1) is 5.82 Å². The maximum atomic E-state index is 13.7. The van der Waals surface area contributed by atoms with Gasteiger partial charge in [-0.3, -0.25) is 9.36 Å². The highest BCUT2D eigenvalue weighted by molar-refractivity contribution is 6.32. The molecule has 0 aliphatic rings. The second-order valence-electron chi connectivity index (χ2n) is 5.81. The molecule has 134 valence electrons. The van der Waals surface area contributed by atoms with Crippen LogP contribution in [0.25, 0.3) is 16.6 Å². The summed E-state index contributed by atoms with van der Waals surface area (Å²) < 4.78 is 15.0. The van der Waals surface area contributed by atoms with Gasteiger partial charge in [-0.2, -0.15) is 0 Å². The van der Waals surface area contributed by atoms with Crippen molar-refractivity contribution in [2.75, 3.05) is 0 Å². The molecular weight excluding hydrogens is 369 g/mol. The van der Waals surface area contributed by atoms with Gasteiger partial charge in [0, 0.05) is 12.4 Å². The Morgan fingerprint density at radius 2 is 1.81 bits per heavy atom. The quantitative estimate of drug-likeness (QED) is 0.589. The molecule has 0 saturated carbocycles. The smallest absolute Gasteiger partial charge is 0.266 e. The molecule has 27 heavy (non-hydrogen) atoms. The average Bonchev–Trinajstić information content (AvgIpc) is 2.69. The standard InChI is InChI=1S/C19H13ClFN5O/c20-13-4-1-2-5-15(13)26-18(16(22)17-23-8-3-9-24-17)25-14-7-6-11(21)10-12(14)19(26)27/h1-10,16H,22H2. The van der Waals surface area contributed by atoms with Crippen LogP contribution in [0.1, 0.15) is 17.7 Å². The van der Waals surface area contributed by atoms with Crippen LogP contribution in [-0.2, 0) is 0 Å². The molecule has 2 aromatic carbocycles. The van der Waals surface area contributed by atoms with Crippen molar-refractivity contribution in [1.82, 2.24) is 19.5 Å². The van der Waals surface area contributed by atoms with E-state index < -0.39 is 17.4 Å². The van der Waals surface area contributed by atoms with E-state index in [-0.39, 0.29) is 11.2 Å². The Hall–Kier alpha value is -3.16. The molecule has 6 nitrogen and oxygen atoms in total. The first-order chi connectivity index (χ1) is 13.1. The summed E-state index contributed by atoms with van der Waals surface area (Å²) >= 11 is 6.30. The van der Waals surface area contributed by atoms with Crippen LogP contribution in [0.3, 0.4) is 0 Å². The third kappa shape index (κ3) is 3.07. The topological polar surface area (TPSA) is 86.7 Å². The fraction of sp³-hybridized carbons (Fsp3) is 0.0526. The SMILES string of the molecule is NC(c1ncccn1)c1nc2ccc(F)cc2c(=O)n1-c1ccccc1Cl. The van der Waals surface area contributed by atoms with Crippen molar-refractivity contribution in [1.29, 1.82) is 0 Å². The van der Waals surface area contributed by atoms with Crippen LogP contribution in [-0.4, -0.2) is 19.5 Å². The molecule has 0 amide bonds. The minimum Gasteiger partial charge on any atom is -0.315 e. The molecule has 2 heterocycles. The molecule has 4 rings (SSSR count). The van der Waals surface area contributed by atoms with Crippen molar-refractivity contribution in [3.05, 3.63) is 93.8 Å². The van der Waals surface area contributed by atoms with Gasteiger partial charge in [-0.1, -0.05) is 23.7 Å². The Bertz CT molecular complexity index is 1200. The summed E-state index contributed by atoms with van der Waals surface area (Å²) in [7, 11) is 0. The fourth-order valence-electron chi connectivity index (χ4n) is 2.84. The predicted molar refractivity (Wildman–Crippen MR) is 100 cm³/mol. The highest BCUT2D eigenvalue weighted by Gasteiger charge is 2.22. The molecule has 4 aromatic rings. The van der Waals surface area contributed by atoms with Gasteiger partial charge in [-0.05, 0) is 36.4 Å². The fourth-order valence-corrected chi connectivity index (χ4v) is 3.06. The average molecular weight is 382 g/mol. The van der Waals surface area contributed by atoms with E-state index in [4.69, 9.17) is 17.3 Å². The zero-order valence-electron chi connectivity index (χ0n) is 13.9. The number of aromatic nitrogens is 4. The molecule has 0 aliphatic heterocycles. The second kappa shape index (κ2) is 6.86. The van der Waals surface area contributed by atoms with Crippen LogP contribution in [0.5, 0.6) is 0 Å². The van der Waals surface area contributed by atoms with Gasteiger partial charge in [0.05, 0.1) is 21.6 Å². The summed E-state index contributed by atoms with van der Waals surface area (Å²) in [6, 6.07) is 11.4. The lowest BCUT2D eigenvalue weighted by atomic mass is 10.2. The molecule has 0 spiro atoms. The highest BCUT2D eigenvalue weighted by Crippen LogP contribution is 2.24. The van der Waals surface area contributed by atoms with E-state index in [9.17, 15) is 9.18 Å². The van der Waals surface area contributed by atoms with Gasteiger partial charge in [0.15, 0.2) is 5.82 Å². The van der Waals surface area contributed by atoms with Gasteiger partial charge in [-0.25, -0.2) is 19.3 Å². The van der Waals surface area contributed by atoms with E-state index in [2.05, 4.69) is 15.0 Å². The maximum absolute atomic E-state index is 13.7. The van der Waals surface area contributed by atoms with E-state index in [1.54, 1.807) is 42.7 Å². The zero-order chi connectivity index (χ0) is 19.0.